The van der Waals surface area contributed by atoms with Crippen molar-refractivity contribution in [3.8, 4) is 17.1 Å². The average molecular weight is 390 g/mol. The average Bonchev–Trinajstić information content (AvgIpc) is 2.76. The van der Waals surface area contributed by atoms with Gasteiger partial charge < -0.3 is 14.3 Å². The number of hydrogen-bond donors (Lipinski definition) is 1. The highest BCUT2D eigenvalue weighted by Crippen LogP contribution is 2.37. The van der Waals surface area contributed by atoms with Gasteiger partial charge in [0.15, 0.2) is 0 Å². The maximum absolute atomic E-state index is 9.36. The Labute approximate surface area is 128 Å². The first kappa shape index (κ1) is 14.6. The molecule has 0 amide bonds. The van der Waals surface area contributed by atoms with E-state index in [-0.39, 0.29) is 0 Å². The molecular formula is C14H14Br2O3. The first-order valence-electron chi connectivity index (χ1n) is 5.81. The van der Waals surface area contributed by atoms with Crippen LogP contribution < -0.4 is 4.74 Å². The van der Waals surface area contributed by atoms with E-state index in [1.165, 1.54) is 0 Å². The fourth-order valence-electron chi connectivity index (χ4n) is 1.80. The minimum Gasteiger partial charge on any atom is -0.496 e. The maximum Gasteiger partial charge on any atom is 0.135 e. The van der Waals surface area contributed by atoms with Gasteiger partial charge in [-0.15, -0.1) is 0 Å². The molecule has 19 heavy (non-hydrogen) atoms. The van der Waals surface area contributed by atoms with Crippen LogP contribution in [-0.4, -0.2) is 18.3 Å². The van der Waals surface area contributed by atoms with Crippen molar-refractivity contribution in [2.24, 2.45) is 0 Å². The number of rotatable bonds is 4. The zero-order chi connectivity index (χ0) is 14.0. The molecule has 0 radical (unpaired) electrons. The maximum atomic E-state index is 9.36. The molecule has 0 aliphatic carbocycles. The lowest BCUT2D eigenvalue weighted by Gasteiger charge is -2.08. The molecule has 5 heteroatoms. The van der Waals surface area contributed by atoms with Crippen LogP contribution in [0.15, 0.2) is 37.6 Å². The lowest BCUT2D eigenvalue weighted by atomic mass is 10.1. The van der Waals surface area contributed by atoms with Crippen LogP contribution in [0.1, 0.15) is 12.7 Å². The molecule has 1 aromatic heterocycles. The first-order valence-corrected chi connectivity index (χ1v) is 7.40. The Balaban J connectivity index is 2.38. The second-order valence-electron chi connectivity index (χ2n) is 4.29. The second kappa shape index (κ2) is 6.11. The Kier molecular flexibility index (Phi) is 4.71. The highest BCUT2D eigenvalue weighted by Gasteiger charge is 2.13. The van der Waals surface area contributed by atoms with E-state index in [1.54, 1.807) is 14.0 Å². The van der Waals surface area contributed by atoms with Gasteiger partial charge in [0.25, 0.3) is 0 Å². The van der Waals surface area contributed by atoms with Crippen LogP contribution in [0, 0.1) is 0 Å². The van der Waals surface area contributed by atoms with Crippen molar-refractivity contribution in [3.63, 3.8) is 0 Å². The smallest absolute Gasteiger partial charge is 0.135 e. The van der Waals surface area contributed by atoms with E-state index >= 15 is 0 Å². The normalized spacial score (nSPS) is 12.5. The van der Waals surface area contributed by atoms with Crippen LogP contribution in [0.3, 0.4) is 0 Å². The molecule has 1 N–H and O–H groups in total. The minimum absolute atomic E-state index is 0.415. The third-order valence-corrected chi connectivity index (χ3v) is 3.94. The zero-order valence-electron chi connectivity index (χ0n) is 10.6. The van der Waals surface area contributed by atoms with E-state index < -0.39 is 6.10 Å². The lowest BCUT2D eigenvalue weighted by Crippen LogP contribution is -2.02. The molecule has 0 saturated carbocycles. The number of halogens is 2. The summed E-state index contributed by atoms with van der Waals surface area (Å²) in [6.45, 7) is 1.74. The Morgan fingerprint density at radius 3 is 2.63 bits per heavy atom. The number of aliphatic hydroxyl groups is 1. The van der Waals surface area contributed by atoms with Crippen LogP contribution in [0.4, 0.5) is 0 Å². The van der Waals surface area contributed by atoms with Gasteiger partial charge in [-0.2, -0.15) is 0 Å². The standard InChI is InChI=1S/C14H14Br2O3/c1-8(17)5-9-3-4-13(19-9)10-6-14(18-2)12(16)7-11(10)15/h3-4,6-8,17H,5H2,1-2H3. The van der Waals surface area contributed by atoms with Crippen molar-refractivity contribution >= 4 is 31.9 Å². The fraction of sp³-hybridized carbons (Fsp3) is 0.286. The number of benzene rings is 1. The quantitative estimate of drug-likeness (QED) is 0.842. The number of aliphatic hydroxyl groups excluding tert-OH is 1. The molecule has 1 heterocycles. The van der Waals surface area contributed by atoms with Crippen LogP contribution in [0.25, 0.3) is 11.3 Å². The molecule has 0 aliphatic rings. The van der Waals surface area contributed by atoms with Crippen LogP contribution in [0.5, 0.6) is 5.75 Å². The topological polar surface area (TPSA) is 42.6 Å². The van der Waals surface area contributed by atoms with E-state index in [0.717, 1.165) is 31.8 Å². The van der Waals surface area contributed by atoms with E-state index in [4.69, 9.17) is 9.15 Å². The monoisotopic (exact) mass is 388 g/mol. The number of hydrogen-bond acceptors (Lipinski definition) is 3. The van der Waals surface area contributed by atoms with Gasteiger partial charge in [-0.25, -0.2) is 0 Å². The summed E-state index contributed by atoms with van der Waals surface area (Å²) in [5, 5.41) is 9.36. The van der Waals surface area contributed by atoms with Gasteiger partial charge in [0.05, 0.1) is 17.7 Å². The van der Waals surface area contributed by atoms with Crippen LogP contribution in [0.2, 0.25) is 0 Å². The number of methoxy groups -OCH3 is 1. The van der Waals surface area contributed by atoms with Crippen molar-refractivity contribution in [3.05, 3.63) is 39.0 Å². The molecule has 2 aromatic rings. The summed E-state index contributed by atoms with van der Waals surface area (Å²) < 4.78 is 12.8. The summed E-state index contributed by atoms with van der Waals surface area (Å²) in [7, 11) is 1.62. The molecule has 2 rings (SSSR count). The molecular weight excluding hydrogens is 376 g/mol. The molecule has 3 nitrogen and oxygen atoms in total. The SMILES string of the molecule is COc1cc(-c2ccc(CC(C)O)o2)c(Br)cc1Br. The van der Waals surface area contributed by atoms with Gasteiger partial charge in [0, 0.05) is 16.5 Å². The summed E-state index contributed by atoms with van der Waals surface area (Å²) in [6, 6.07) is 7.60. The molecule has 0 spiro atoms. The molecule has 1 aromatic carbocycles. The van der Waals surface area contributed by atoms with Crippen LogP contribution in [-0.2, 0) is 6.42 Å². The van der Waals surface area contributed by atoms with E-state index in [9.17, 15) is 5.11 Å². The van der Waals surface area contributed by atoms with Crippen molar-refractivity contribution in [1.29, 1.82) is 0 Å². The van der Waals surface area contributed by atoms with Crippen molar-refractivity contribution in [1.82, 2.24) is 0 Å². The molecule has 0 fully saturated rings. The van der Waals surface area contributed by atoms with Crippen molar-refractivity contribution < 1.29 is 14.3 Å². The van der Waals surface area contributed by atoms with Gasteiger partial charge in [-0.05, 0) is 63.0 Å². The van der Waals surface area contributed by atoms with Crippen molar-refractivity contribution in [2.75, 3.05) is 7.11 Å². The summed E-state index contributed by atoms with van der Waals surface area (Å²) in [4.78, 5) is 0. The fourth-order valence-corrected chi connectivity index (χ4v) is 3.15. The van der Waals surface area contributed by atoms with Gasteiger partial charge >= 0.3 is 0 Å². The van der Waals surface area contributed by atoms with Gasteiger partial charge in [0.1, 0.15) is 17.3 Å². The predicted octanol–water partition coefficient (Wildman–Crippen LogP) is 4.40. The zero-order valence-corrected chi connectivity index (χ0v) is 13.8. The predicted molar refractivity (Wildman–Crippen MR) is 81.5 cm³/mol. The molecule has 0 aliphatic heterocycles. The minimum atomic E-state index is -0.415. The Morgan fingerprint density at radius 1 is 1.26 bits per heavy atom. The number of ether oxygens (including phenoxy) is 1. The number of furan rings is 1. The summed E-state index contributed by atoms with van der Waals surface area (Å²) in [6.07, 6.45) is 0.0903. The van der Waals surface area contributed by atoms with Gasteiger partial charge in [-0.3, -0.25) is 0 Å². The van der Waals surface area contributed by atoms with Crippen LogP contribution >= 0.6 is 31.9 Å². The first-order chi connectivity index (χ1) is 9.01. The lowest BCUT2D eigenvalue weighted by molar-refractivity contribution is 0.187. The highest BCUT2D eigenvalue weighted by molar-refractivity contribution is 9.11. The third-order valence-electron chi connectivity index (χ3n) is 2.67. The van der Waals surface area contributed by atoms with E-state index in [0.29, 0.717) is 6.42 Å². The highest BCUT2D eigenvalue weighted by atomic mass is 79.9. The molecule has 0 saturated heterocycles. The Morgan fingerprint density at radius 2 is 2.00 bits per heavy atom. The molecule has 1 atom stereocenters. The Hall–Kier alpha value is -0.780. The Bertz CT molecular complexity index is 576. The van der Waals surface area contributed by atoms with E-state index in [2.05, 4.69) is 31.9 Å². The summed E-state index contributed by atoms with van der Waals surface area (Å²) in [5.41, 5.74) is 0.914. The third kappa shape index (κ3) is 3.41. The molecule has 1 unspecified atom stereocenters. The summed E-state index contributed by atoms with van der Waals surface area (Å²) >= 11 is 6.95. The van der Waals surface area contributed by atoms with Crippen molar-refractivity contribution in [2.45, 2.75) is 19.4 Å². The van der Waals surface area contributed by atoms with Gasteiger partial charge in [-0.1, -0.05) is 0 Å². The molecule has 0 bridgehead atoms. The second-order valence-corrected chi connectivity index (χ2v) is 5.99. The van der Waals surface area contributed by atoms with E-state index in [1.807, 2.05) is 24.3 Å². The molecule has 102 valence electrons. The van der Waals surface area contributed by atoms with Gasteiger partial charge in [0.2, 0.25) is 0 Å². The largest absolute Gasteiger partial charge is 0.496 e. The summed E-state index contributed by atoms with van der Waals surface area (Å²) in [5.74, 6) is 2.25.